The largest absolute Gasteiger partial charge is 0.417 e. The predicted octanol–water partition coefficient (Wildman–Crippen LogP) is 3.33. The van der Waals surface area contributed by atoms with Gasteiger partial charge in [0.1, 0.15) is 0 Å². The van der Waals surface area contributed by atoms with Gasteiger partial charge in [0.15, 0.2) is 0 Å². The molecule has 3 nitrogen and oxygen atoms in total. The predicted molar refractivity (Wildman–Crippen MR) is 70.5 cm³/mol. The Labute approximate surface area is 122 Å². The summed E-state index contributed by atoms with van der Waals surface area (Å²) in [4.78, 5) is 13.7. The van der Waals surface area contributed by atoms with E-state index in [0.29, 0.717) is 19.7 Å². The van der Waals surface area contributed by atoms with Gasteiger partial charge >= 0.3 is 6.18 Å². The van der Waals surface area contributed by atoms with Crippen LogP contribution in [0.1, 0.15) is 22.8 Å². The normalized spacial score (nSPS) is 20.1. The summed E-state index contributed by atoms with van der Waals surface area (Å²) >= 11 is 3.00. The summed E-state index contributed by atoms with van der Waals surface area (Å²) in [6.07, 6.45) is -4.73. The van der Waals surface area contributed by atoms with Gasteiger partial charge in [-0.15, -0.1) is 0 Å². The highest BCUT2D eigenvalue weighted by atomic mass is 79.9. The number of carbonyl (C=O) groups is 1. The summed E-state index contributed by atoms with van der Waals surface area (Å²) in [6.45, 7) is 2.72. The summed E-state index contributed by atoms with van der Waals surface area (Å²) in [5.74, 6) is -0.611. The third-order valence-corrected chi connectivity index (χ3v) is 3.54. The lowest BCUT2D eigenvalue weighted by Crippen LogP contribution is -2.45. The average Bonchev–Trinajstić information content (AvgIpc) is 2.37. The van der Waals surface area contributed by atoms with Crippen molar-refractivity contribution in [3.8, 4) is 0 Å². The van der Waals surface area contributed by atoms with Gasteiger partial charge in [0.25, 0.3) is 5.91 Å². The molecule has 0 radical (unpaired) electrons. The Morgan fingerprint density at radius 2 is 2.15 bits per heavy atom. The lowest BCUT2D eigenvalue weighted by atomic mass is 10.1. The third kappa shape index (κ3) is 3.32. The molecule has 20 heavy (non-hydrogen) atoms. The van der Waals surface area contributed by atoms with Crippen LogP contribution in [0.25, 0.3) is 0 Å². The summed E-state index contributed by atoms with van der Waals surface area (Å²) in [5.41, 5.74) is -1.24. The van der Waals surface area contributed by atoms with E-state index in [1.165, 1.54) is 17.0 Å². The molecule has 0 spiro atoms. The Balaban J connectivity index is 2.34. The molecule has 0 N–H and O–H groups in total. The monoisotopic (exact) mass is 351 g/mol. The smallest absolute Gasteiger partial charge is 0.375 e. The fraction of sp³-hybridized carbons (Fsp3) is 0.462. The van der Waals surface area contributed by atoms with Crippen LogP contribution in [0.15, 0.2) is 22.7 Å². The van der Waals surface area contributed by atoms with Gasteiger partial charge < -0.3 is 9.64 Å². The van der Waals surface area contributed by atoms with Gasteiger partial charge in [0.2, 0.25) is 0 Å². The third-order valence-electron chi connectivity index (χ3n) is 3.05. The van der Waals surface area contributed by atoms with E-state index in [1.54, 1.807) is 6.92 Å². The van der Waals surface area contributed by atoms with Crippen molar-refractivity contribution in [1.29, 1.82) is 0 Å². The zero-order chi connectivity index (χ0) is 14.9. The van der Waals surface area contributed by atoms with Crippen molar-refractivity contribution in [3.63, 3.8) is 0 Å². The van der Waals surface area contributed by atoms with Gasteiger partial charge in [-0.3, -0.25) is 4.79 Å². The molecule has 1 aromatic carbocycles. The molecule has 1 fully saturated rings. The molecule has 1 heterocycles. The quantitative estimate of drug-likeness (QED) is 0.776. The second-order valence-corrected chi connectivity index (χ2v) is 5.54. The number of rotatable bonds is 1. The second-order valence-electron chi connectivity index (χ2n) is 4.62. The molecule has 7 heteroatoms. The van der Waals surface area contributed by atoms with Gasteiger partial charge in [0.05, 0.1) is 23.8 Å². The SMILES string of the molecule is C[C@@H]1CN(C(=O)c2ccc(Br)cc2C(F)(F)F)CCO1. The number of benzene rings is 1. The molecule has 0 unspecified atom stereocenters. The van der Waals surface area contributed by atoms with Crippen LogP contribution in [0.5, 0.6) is 0 Å². The van der Waals surface area contributed by atoms with Crippen LogP contribution in [-0.2, 0) is 10.9 Å². The average molecular weight is 352 g/mol. The van der Waals surface area contributed by atoms with Crippen LogP contribution in [0.4, 0.5) is 13.2 Å². The first-order valence-electron chi connectivity index (χ1n) is 6.06. The highest BCUT2D eigenvalue weighted by Crippen LogP contribution is 2.34. The number of hydrogen-bond donors (Lipinski definition) is 0. The van der Waals surface area contributed by atoms with E-state index in [1.807, 2.05) is 0 Å². The molecule has 0 aromatic heterocycles. The van der Waals surface area contributed by atoms with Crippen molar-refractivity contribution in [2.45, 2.75) is 19.2 Å². The molecule has 1 aromatic rings. The van der Waals surface area contributed by atoms with Crippen LogP contribution < -0.4 is 0 Å². The molecular formula is C13H13BrF3NO2. The first-order valence-corrected chi connectivity index (χ1v) is 6.86. The van der Waals surface area contributed by atoms with Crippen LogP contribution >= 0.6 is 15.9 Å². The van der Waals surface area contributed by atoms with Crippen LogP contribution in [0, 0.1) is 0 Å². The number of amides is 1. The van der Waals surface area contributed by atoms with Gasteiger partial charge in [-0.1, -0.05) is 15.9 Å². The Kier molecular flexibility index (Phi) is 4.39. The van der Waals surface area contributed by atoms with Gasteiger partial charge in [-0.25, -0.2) is 0 Å². The molecule has 1 atom stereocenters. The van der Waals surface area contributed by atoms with Crippen molar-refractivity contribution in [2.24, 2.45) is 0 Å². The maximum Gasteiger partial charge on any atom is 0.417 e. The lowest BCUT2D eigenvalue weighted by Gasteiger charge is -2.31. The number of halogens is 4. The lowest BCUT2D eigenvalue weighted by molar-refractivity contribution is -0.138. The molecular weight excluding hydrogens is 339 g/mol. The van der Waals surface area contributed by atoms with Crippen molar-refractivity contribution < 1.29 is 22.7 Å². The zero-order valence-corrected chi connectivity index (χ0v) is 12.3. The minimum absolute atomic E-state index is 0.169. The Bertz CT molecular complexity index is 519. The van der Waals surface area contributed by atoms with E-state index in [2.05, 4.69) is 15.9 Å². The highest BCUT2D eigenvalue weighted by Gasteiger charge is 2.37. The maximum absolute atomic E-state index is 13.0. The first-order chi connectivity index (χ1) is 9.29. The second kappa shape index (κ2) is 5.73. The Hall–Kier alpha value is -1.08. The maximum atomic E-state index is 13.0. The minimum atomic E-state index is -4.56. The van der Waals surface area contributed by atoms with Gasteiger partial charge in [0, 0.05) is 17.6 Å². The molecule has 1 amide bonds. The van der Waals surface area contributed by atoms with E-state index in [0.717, 1.165) is 6.07 Å². The van der Waals surface area contributed by atoms with E-state index >= 15 is 0 Å². The van der Waals surface area contributed by atoms with Crippen LogP contribution in [-0.4, -0.2) is 36.6 Å². The molecule has 110 valence electrons. The van der Waals surface area contributed by atoms with E-state index in [9.17, 15) is 18.0 Å². The van der Waals surface area contributed by atoms with Crippen LogP contribution in [0.3, 0.4) is 0 Å². The van der Waals surface area contributed by atoms with Crippen molar-refractivity contribution >= 4 is 21.8 Å². The topological polar surface area (TPSA) is 29.5 Å². The Morgan fingerprint density at radius 1 is 1.45 bits per heavy atom. The summed E-state index contributed by atoms with van der Waals surface area (Å²) in [6, 6.07) is 3.57. The van der Waals surface area contributed by atoms with Gasteiger partial charge in [-0.05, 0) is 25.1 Å². The summed E-state index contributed by atoms with van der Waals surface area (Å²) < 4.78 is 44.6. The fourth-order valence-corrected chi connectivity index (χ4v) is 2.47. The number of nitrogens with zero attached hydrogens (tertiary/aromatic N) is 1. The molecule has 0 saturated carbocycles. The van der Waals surface area contributed by atoms with Crippen LogP contribution in [0.2, 0.25) is 0 Å². The highest BCUT2D eigenvalue weighted by molar-refractivity contribution is 9.10. The van der Waals surface area contributed by atoms with Crippen molar-refractivity contribution in [3.05, 3.63) is 33.8 Å². The van der Waals surface area contributed by atoms with Crippen molar-refractivity contribution in [1.82, 2.24) is 4.90 Å². The number of morpholine rings is 1. The first kappa shape index (κ1) is 15.3. The molecule has 1 aliphatic rings. The summed E-state index contributed by atoms with van der Waals surface area (Å²) in [7, 11) is 0. The molecule has 1 saturated heterocycles. The van der Waals surface area contributed by atoms with E-state index in [4.69, 9.17) is 4.74 Å². The Morgan fingerprint density at radius 3 is 2.75 bits per heavy atom. The van der Waals surface area contributed by atoms with Crippen molar-refractivity contribution in [2.75, 3.05) is 19.7 Å². The molecule has 0 aliphatic carbocycles. The van der Waals surface area contributed by atoms with Gasteiger partial charge in [-0.2, -0.15) is 13.2 Å². The fourth-order valence-electron chi connectivity index (χ4n) is 2.11. The summed E-state index contributed by atoms with van der Waals surface area (Å²) in [5, 5.41) is 0. The molecule has 2 rings (SSSR count). The number of carbonyl (C=O) groups excluding carboxylic acids is 1. The molecule has 1 aliphatic heterocycles. The number of alkyl halides is 3. The minimum Gasteiger partial charge on any atom is -0.375 e. The molecule has 0 bridgehead atoms. The number of ether oxygens (including phenoxy) is 1. The standard InChI is InChI=1S/C13H13BrF3NO2/c1-8-7-18(4-5-20-8)12(19)10-3-2-9(14)6-11(10)13(15,16)17/h2-3,6,8H,4-5,7H2,1H3/t8-/m1/s1. The van der Waals surface area contributed by atoms with E-state index in [-0.39, 0.29) is 16.1 Å². The zero-order valence-electron chi connectivity index (χ0n) is 10.7. The number of hydrogen-bond acceptors (Lipinski definition) is 2. The van der Waals surface area contributed by atoms with E-state index < -0.39 is 17.6 Å².